The molecule has 18 heavy (non-hydrogen) atoms. The van der Waals surface area contributed by atoms with Crippen molar-refractivity contribution in [3.05, 3.63) is 72.4 Å². The van der Waals surface area contributed by atoms with E-state index in [0.717, 1.165) is 11.3 Å². The van der Waals surface area contributed by atoms with E-state index in [1.807, 2.05) is 36.2 Å². The Bertz CT molecular complexity index is 649. The molecule has 0 fully saturated rings. The molecule has 0 atom stereocenters. The maximum Gasteiger partial charge on any atom is 0.0702 e. The Morgan fingerprint density at radius 1 is 0.889 bits per heavy atom. The third-order valence-corrected chi connectivity index (χ3v) is 3.85. The van der Waals surface area contributed by atoms with Gasteiger partial charge in [-0.05, 0) is 17.7 Å². The van der Waals surface area contributed by atoms with Gasteiger partial charge in [-0.2, -0.15) is 0 Å². The maximum atomic E-state index is 4.47. The largest absolute Gasteiger partial charge is 0.255 e. The van der Waals surface area contributed by atoms with Gasteiger partial charge in [-0.3, -0.25) is 4.98 Å². The molecule has 0 aliphatic heterocycles. The Kier molecular flexibility index (Phi) is 3.29. The van der Waals surface area contributed by atoms with Crippen LogP contribution < -0.4 is 0 Å². The summed E-state index contributed by atoms with van der Waals surface area (Å²) in [5.41, 5.74) is 2.40. The quantitative estimate of drug-likeness (QED) is 0.634. The van der Waals surface area contributed by atoms with Crippen LogP contribution in [0.3, 0.4) is 0 Å². The molecule has 1 aromatic heterocycles. The number of rotatable bonds is 3. The molecule has 88 valence electrons. The smallest absolute Gasteiger partial charge is 0.0702 e. The number of fused-ring (bicyclic) bond motifs is 1. The lowest BCUT2D eigenvalue weighted by Gasteiger charge is -2.03. The second-order valence-corrected chi connectivity index (χ2v) is 5.19. The average molecular weight is 251 g/mol. The molecule has 1 nitrogen and oxygen atoms in total. The fourth-order valence-corrected chi connectivity index (χ4v) is 2.73. The van der Waals surface area contributed by atoms with Crippen molar-refractivity contribution in [1.29, 1.82) is 0 Å². The van der Waals surface area contributed by atoms with E-state index < -0.39 is 0 Å². The van der Waals surface area contributed by atoms with E-state index in [1.54, 1.807) is 0 Å². The molecular weight excluding hydrogens is 238 g/mol. The van der Waals surface area contributed by atoms with Gasteiger partial charge in [-0.15, -0.1) is 11.8 Å². The molecule has 2 heteroatoms. The predicted octanol–water partition coefficient (Wildman–Crippen LogP) is 4.53. The van der Waals surface area contributed by atoms with Crippen LogP contribution in [0.4, 0.5) is 0 Å². The van der Waals surface area contributed by atoms with Crippen LogP contribution in [0.5, 0.6) is 0 Å². The molecule has 0 N–H and O–H groups in total. The minimum atomic E-state index is 0.987. The Labute approximate surface area is 111 Å². The van der Waals surface area contributed by atoms with Crippen LogP contribution in [0.25, 0.3) is 10.9 Å². The highest BCUT2D eigenvalue weighted by Gasteiger charge is 1.99. The number of hydrogen-bond donors (Lipinski definition) is 0. The molecule has 3 rings (SSSR count). The van der Waals surface area contributed by atoms with E-state index in [2.05, 4.69) is 47.4 Å². The number of hydrogen-bond acceptors (Lipinski definition) is 2. The van der Waals surface area contributed by atoms with Crippen LogP contribution in [0.15, 0.2) is 71.8 Å². The normalized spacial score (nSPS) is 10.7. The molecule has 0 radical (unpaired) electrons. The summed E-state index contributed by atoms with van der Waals surface area (Å²) in [5, 5.41) is 1.20. The summed E-state index contributed by atoms with van der Waals surface area (Å²) in [5.74, 6) is 0.987. The molecule has 0 amide bonds. The number of benzene rings is 2. The lowest BCUT2D eigenvalue weighted by Crippen LogP contribution is -1.82. The van der Waals surface area contributed by atoms with E-state index in [9.17, 15) is 0 Å². The minimum absolute atomic E-state index is 0.987. The summed E-state index contributed by atoms with van der Waals surface area (Å²) in [4.78, 5) is 5.69. The lowest BCUT2D eigenvalue weighted by atomic mass is 10.2. The van der Waals surface area contributed by atoms with Crippen LogP contribution in [0.1, 0.15) is 5.56 Å². The zero-order valence-electron chi connectivity index (χ0n) is 9.91. The number of para-hydroxylation sites is 1. The first-order valence-electron chi connectivity index (χ1n) is 5.93. The van der Waals surface area contributed by atoms with Gasteiger partial charge in [0.1, 0.15) is 0 Å². The van der Waals surface area contributed by atoms with Crippen LogP contribution in [-0.2, 0) is 5.75 Å². The lowest BCUT2D eigenvalue weighted by molar-refractivity contribution is 1.29. The molecular formula is C16H13NS. The van der Waals surface area contributed by atoms with Crippen molar-refractivity contribution in [1.82, 2.24) is 4.98 Å². The van der Waals surface area contributed by atoms with Crippen molar-refractivity contribution in [2.45, 2.75) is 10.6 Å². The zero-order chi connectivity index (χ0) is 12.2. The van der Waals surface area contributed by atoms with Crippen LogP contribution in [0, 0.1) is 0 Å². The van der Waals surface area contributed by atoms with Gasteiger partial charge in [0.2, 0.25) is 0 Å². The summed E-state index contributed by atoms with van der Waals surface area (Å²) < 4.78 is 0. The Morgan fingerprint density at radius 3 is 2.56 bits per heavy atom. The highest BCUT2D eigenvalue weighted by molar-refractivity contribution is 7.98. The second kappa shape index (κ2) is 5.23. The minimum Gasteiger partial charge on any atom is -0.255 e. The topological polar surface area (TPSA) is 12.9 Å². The third-order valence-electron chi connectivity index (χ3n) is 2.81. The summed E-state index contributed by atoms with van der Waals surface area (Å²) in [6.45, 7) is 0. The number of pyridine rings is 1. The first-order chi connectivity index (χ1) is 8.92. The molecule has 0 aliphatic rings. The first kappa shape index (κ1) is 11.3. The molecule has 3 aromatic rings. The van der Waals surface area contributed by atoms with Gasteiger partial charge in [0, 0.05) is 22.2 Å². The van der Waals surface area contributed by atoms with E-state index in [1.165, 1.54) is 15.8 Å². The van der Waals surface area contributed by atoms with Crippen LogP contribution >= 0.6 is 11.8 Å². The molecule has 0 saturated carbocycles. The second-order valence-electron chi connectivity index (χ2n) is 4.14. The van der Waals surface area contributed by atoms with Crippen molar-refractivity contribution < 1.29 is 0 Å². The SMILES string of the molecule is c1ccc(CSc2cnc3ccccc3c2)cc1. The van der Waals surface area contributed by atoms with Gasteiger partial charge in [0.05, 0.1) is 5.52 Å². The van der Waals surface area contributed by atoms with Crippen molar-refractivity contribution >= 4 is 22.7 Å². The summed E-state index contributed by atoms with van der Waals surface area (Å²) >= 11 is 1.83. The molecule has 0 aliphatic carbocycles. The van der Waals surface area contributed by atoms with Gasteiger partial charge in [0.25, 0.3) is 0 Å². The Morgan fingerprint density at radius 2 is 1.67 bits per heavy atom. The molecule has 2 aromatic carbocycles. The average Bonchev–Trinajstić information content (AvgIpc) is 2.46. The predicted molar refractivity (Wildman–Crippen MR) is 77.7 cm³/mol. The van der Waals surface area contributed by atoms with Crippen molar-refractivity contribution in [2.24, 2.45) is 0 Å². The summed E-state index contributed by atoms with van der Waals surface area (Å²) in [6.07, 6.45) is 1.95. The highest BCUT2D eigenvalue weighted by atomic mass is 32.2. The van der Waals surface area contributed by atoms with Gasteiger partial charge < -0.3 is 0 Å². The number of nitrogens with zero attached hydrogens (tertiary/aromatic N) is 1. The third kappa shape index (κ3) is 2.54. The Hall–Kier alpha value is -1.80. The fraction of sp³-hybridized carbons (Fsp3) is 0.0625. The monoisotopic (exact) mass is 251 g/mol. The molecule has 1 heterocycles. The van der Waals surface area contributed by atoms with Gasteiger partial charge >= 0.3 is 0 Å². The van der Waals surface area contributed by atoms with E-state index in [4.69, 9.17) is 0 Å². The molecule has 0 unspecified atom stereocenters. The fourth-order valence-electron chi connectivity index (χ4n) is 1.87. The zero-order valence-corrected chi connectivity index (χ0v) is 10.7. The van der Waals surface area contributed by atoms with E-state index in [0.29, 0.717) is 0 Å². The number of thioether (sulfide) groups is 1. The van der Waals surface area contributed by atoms with Gasteiger partial charge in [-0.1, -0.05) is 48.5 Å². The van der Waals surface area contributed by atoms with Gasteiger partial charge in [0.15, 0.2) is 0 Å². The standard InChI is InChI=1S/C16H13NS/c1-2-6-13(7-3-1)12-18-15-10-14-8-4-5-9-16(14)17-11-15/h1-11H,12H2. The van der Waals surface area contributed by atoms with Crippen LogP contribution in [0.2, 0.25) is 0 Å². The van der Waals surface area contributed by atoms with Crippen LogP contribution in [-0.4, -0.2) is 4.98 Å². The molecule has 0 saturated heterocycles. The van der Waals surface area contributed by atoms with Gasteiger partial charge in [-0.25, -0.2) is 0 Å². The highest BCUT2D eigenvalue weighted by Crippen LogP contribution is 2.24. The molecule has 0 spiro atoms. The van der Waals surface area contributed by atoms with E-state index in [-0.39, 0.29) is 0 Å². The first-order valence-corrected chi connectivity index (χ1v) is 6.92. The number of aromatic nitrogens is 1. The molecule has 0 bridgehead atoms. The summed E-state index contributed by atoms with van der Waals surface area (Å²) in [6, 6.07) is 20.9. The Balaban J connectivity index is 1.79. The van der Waals surface area contributed by atoms with Crippen molar-refractivity contribution in [3.8, 4) is 0 Å². The van der Waals surface area contributed by atoms with E-state index >= 15 is 0 Å². The summed E-state index contributed by atoms with van der Waals surface area (Å²) in [7, 11) is 0. The van der Waals surface area contributed by atoms with Crippen molar-refractivity contribution in [2.75, 3.05) is 0 Å². The van der Waals surface area contributed by atoms with Crippen molar-refractivity contribution in [3.63, 3.8) is 0 Å². The maximum absolute atomic E-state index is 4.47.